The van der Waals surface area contributed by atoms with Crippen LogP contribution in [0.25, 0.3) is 33.0 Å². The Morgan fingerprint density at radius 3 is 2.53 bits per heavy atom. The molecular formula is C28H28N4O4. The molecule has 0 spiro atoms. The lowest BCUT2D eigenvalue weighted by Gasteiger charge is -2.18. The van der Waals surface area contributed by atoms with Crippen LogP contribution >= 0.6 is 0 Å². The van der Waals surface area contributed by atoms with Crippen LogP contribution in [0.1, 0.15) is 31.4 Å². The fraction of sp³-hybridized carbons (Fsp3) is 0.286. The second kappa shape index (κ2) is 8.87. The van der Waals surface area contributed by atoms with Gasteiger partial charge in [0.1, 0.15) is 0 Å². The maximum Gasteiger partial charge on any atom is 0.259 e. The van der Waals surface area contributed by atoms with Gasteiger partial charge in [-0.25, -0.2) is 0 Å². The predicted octanol–water partition coefficient (Wildman–Crippen LogP) is 4.15. The molecule has 36 heavy (non-hydrogen) atoms. The van der Waals surface area contributed by atoms with Crippen LogP contribution in [0.2, 0.25) is 0 Å². The molecule has 4 heterocycles. The molecule has 8 nitrogen and oxygen atoms in total. The Bertz CT molecular complexity index is 1540. The van der Waals surface area contributed by atoms with Crippen LogP contribution in [-0.4, -0.2) is 52.7 Å². The smallest absolute Gasteiger partial charge is 0.259 e. The Balaban J connectivity index is 1.53. The summed E-state index contributed by atoms with van der Waals surface area (Å²) in [4.78, 5) is 31.9. The summed E-state index contributed by atoms with van der Waals surface area (Å²) >= 11 is 0. The van der Waals surface area contributed by atoms with Gasteiger partial charge in [-0.2, -0.15) is 0 Å². The first-order valence-electron chi connectivity index (χ1n) is 12.4. The molecule has 2 aliphatic heterocycles. The number of carbonyl (C=O) groups is 2. The van der Waals surface area contributed by atoms with Gasteiger partial charge in [-0.1, -0.05) is 32.0 Å². The predicted molar refractivity (Wildman–Crippen MR) is 139 cm³/mol. The Labute approximate surface area is 208 Å². The quantitative estimate of drug-likeness (QED) is 0.367. The fourth-order valence-corrected chi connectivity index (χ4v) is 5.38. The van der Waals surface area contributed by atoms with Crippen molar-refractivity contribution >= 4 is 44.8 Å². The number of amides is 2. The summed E-state index contributed by atoms with van der Waals surface area (Å²) in [6.45, 7) is 8.22. The molecule has 184 valence electrons. The number of aromatic amines is 1. The number of nitrogens with one attached hydrogen (secondary N) is 2. The van der Waals surface area contributed by atoms with E-state index in [-0.39, 0.29) is 18.6 Å². The molecule has 2 amide bonds. The number of aromatic nitrogens is 2. The van der Waals surface area contributed by atoms with Crippen LogP contribution in [0, 0.1) is 0 Å². The minimum absolute atomic E-state index is 0.163. The van der Waals surface area contributed by atoms with Crippen LogP contribution in [0.3, 0.4) is 0 Å². The van der Waals surface area contributed by atoms with Crippen molar-refractivity contribution < 1.29 is 19.1 Å². The zero-order chi connectivity index (χ0) is 24.8. The highest BCUT2D eigenvalue weighted by Crippen LogP contribution is 2.44. The Morgan fingerprint density at radius 1 is 0.944 bits per heavy atom. The lowest BCUT2D eigenvalue weighted by Crippen LogP contribution is -2.24. The van der Waals surface area contributed by atoms with E-state index >= 15 is 0 Å². The average molecular weight is 485 g/mol. The number of ether oxygens (including phenoxy) is 2. The highest BCUT2D eigenvalue weighted by atomic mass is 16.7. The molecule has 0 fully saturated rings. The van der Waals surface area contributed by atoms with Crippen molar-refractivity contribution in [1.29, 1.82) is 0 Å². The van der Waals surface area contributed by atoms with E-state index in [0.717, 1.165) is 60.0 Å². The number of fused-ring (bicyclic) bond motifs is 4. The SMILES string of the molecule is CCN(CC)CCCn1cc(C2=C(c3c[nH]c4ccccc34)C(=O)NC2=O)c2ccc3c(c21)OCO3. The largest absolute Gasteiger partial charge is 0.454 e. The summed E-state index contributed by atoms with van der Waals surface area (Å²) in [5.74, 6) is 0.596. The number of carbonyl (C=O) groups excluding carboxylic acids is 2. The molecule has 8 heteroatoms. The Hall–Kier alpha value is -4.04. The molecule has 2 aromatic heterocycles. The molecule has 0 bridgehead atoms. The normalized spacial score (nSPS) is 15.2. The lowest BCUT2D eigenvalue weighted by molar-refractivity contribution is -0.122. The van der Waals surface area contributed by atoms with Crippen molar-refractivity contribution in [2.75, 3.05) is 26.4 Å². The summed E-state index contributed by atoms with van der Waals surface area (Å²) in [6, 6.07) is 11.6. The van der Waals surface area contributed by atoms with Crippen molar-refractivity contribution in [3.63, 3.8) is 0 Å². The van der Waals surface area contributed by atoms with Gasteiger partial charge in [-0.15, -0.1) is 0 Å². The summed E-state index contributed by atoms with van der Waals surface area (Å²) in [5, 5.41) is 4.29. The zero-order valence-corrected chi connectivity index (χ0v) is 20.4. The van der Waals surface area contributed by atoms with Gasteiger partial charge in [0.15, 0.2) is 11.5 Å². The summed E-state index contributed by atoms with van der Waals surface area (Å²) < 4.78 is 13.6. The third-order valence-electron chi connectivity index (χ3n) is 7.20. The van der Waals surface area contributed by atoms with Gasteiger partial charge >= 0.3 is 0 Å². The van der Waals surface area contributed by atoms with Crippen molar-refractivity contribution in [2.45, 2.75) is 26.8 Å². The van der Waals surface area contributed by atoms with Crippen LogP contribution in [0.4, 0.5) is 0 Å². The number of imide groups is 1. The maximum atomic E-state index is 13.2. The molecule has 0 unspecified atom stereocenters. The lowest BCUT2D eigenvalue weighted by atomic mass is 9.95. The molecule has 0 aliphatic carbocycles. The van der Waals surface area contributed by atoms with Gasteiger partial charge in [0.05, 0.1) is 16.7 Å². The van der Waals surface area contributed by atoms with Crippen LogP contribution < -0.4 is 14.8 Å². The van der Waals surface area contributed by atoms with Crippen LogP contribution in [-0.2, 0) is 16.1 Å². The third-order valence-corrected chi connectivity index (χ3v) is 7.20. The molecule has 0 saturated heterocycles. The van der Waals surface area contributed by atoms with E-state index < -0.39 is 0 Å². The van der Waals surface area contributed by atoms with E-state index in [0.29, 0.717) is 28.2 Å². The average Bonchev–Trinajstić information content (AvgIpc) is 3.65. The minimum atomic E-state index is -0.389. The molecule has 2 aliphatic rings. The molecule has 0 radical (unpaired) electrons. The standard InChI is InChI=1S/C28H28N4O4/c1-3-31(4-2)12-7-13-32-15-20(18-10-11-22-26(25(18)32)36-16-35-22)24-23(27(33)30-28(24)34)19-14-29-21-9-6-5-8-17(19)21/h5-6,8-11,14-15,29H,3-4,7,12-13,16H2,1-2H3,(H,30,33,34). The highest BCUT2D eigenvalue weighted by molar-refractivity contribution is 6.50. The third kappa shape index (κ3) is 3.48. The van der Waals surface area contributed by atoms with Crippen molar-refractivity contribution in [3.8, 4) is 11.5 Å². The number of rotatable bonds is 8. The summed E-state index contributed by atoms with van der Waals surface area (Å²) in [7, 11) is 0. The first kappa shape index (κ1) is 22.4. The van der Waals surface area contributed by atoms with E-state index in [1.54, 1.807) is 6.20 Å². The van der Waals surface area contributed by atoms with Crippen molar-refractivity contribution in [3.05, 3.63) is 59.9 Å². The monoisotopic (exact) mass is 484 g/mol. The van der Waals surface area contributed by atoms with Crippen LogP contribution in [0.15, 0.2) is 48.8 Å². The maximum absolute atomic E-state index is 13.2. The number of aryl methyl sites for hydroxylation is 1. The van der Waals surface area contributed by atoms with Gasteiger partial charge in [0.25, 0.3) is 11.8 Å². The van der Waals surface area contributed by atoms with Gasteiger partial charge in [-0.3, -0.25) is 14.9 Å². The zero-order valence-electron chi connectivity index (χ0n) is 20.4. The van der Waals surface area contributed by atoms with E-state index in [1.807, 2.05) is 42.6 Å². The number of hydrogen-bond donors (Lipinski definition) is 2. The van der Waals surface area contributed by atoms with E-state index in [1.165, 1.54) is 0 Å². The molecule has 2 N–H and O–H groups in total. The molecule has 0 saturated carbocycles. The van der Waals surface area contributed by atoms with E-state index in [9.17, 15) is 9.59 Å². The number of nitrogens with zero attached hydrogens (tertiary/aromatic N) is 2. The number of para-hydroxylation sites is 1. The topological polar surface area (TPSA) is 88.6 Å². The molecule has 4 aromatic rings. The molecular weight excluding hydrogens is 456 g/mol. The number of H-pyrrole nitrogens is 1. The highest BCUT2D eigenvalue weighted by Gasteiger charge is 2.36. The Morgan fingerprint density at radius 2 is 1.72 bits per heavy atom. The number of benzene rings is 2. The molecule has 2 aromatic carbocycles. The van der Waals surface area contributed by atoms with Gasteiger partial charge in [0.2, 0.25) is 6.79 Å². The first-order valence-corrected chi connectivity index (χ1v) is 12.4. The number of hydrogen-bond acceptors (Lipinski definition) is 5. The minimum Gasteiger partial charge on any atom is -0.454 e. The fourth-order valence-electron chi connectivity index (χ4n) is 5.38. The van der Waals surface area contributed by atoms with Crippen molar-refractivity contribution in [1.82, 2.24) is 19.8 Å². The Kier molecular flexibility index (Phi) is 5.53. The van der Waals surface area contributed by atoms with Gasteiger partial charge in [-0.05, 0) is 44.3 Å². The molecule has 0 atom stereocenters. The van der Waals surface area contributed by atoms with Crippen molar-refractivity contribution in [2.24, 2.45) is 0 Å². The van der Waals surface area contributed by atoms with E-state index in [4.69, 9.17) is 9.47 Å². The second-order valence-electron chi connectivity index (χ2n) is 9.09. The van der Waals surface area contributed by atoms with Crippen LogP contribution in [0.5, 0.6) is 11.5 Å². The summed E-state index contributed by atoms with van der Waals surface area (Å²) in [6.07, 6.45) is 4.72. The second-order valence-corrected chi connectivity index (χ2v) is 9.09. The summed E-state index contributed by atoms with van der Waals surface area (Å²) in [5.41, 5.74) is 4.00. The first-order chi connectivity index (χ1) is 17.6. The van der Waals surface area contributed by atoms with Gasteiger partial charge < -0.3 is 23.9 Å². The molecule has 6 rings (SSSR count). The van der Waals surface area contributed by atoms with E-state index in [2.05, 4.69) is 33.6 Å². The van der Waals surface area contributed by atoms with Gasteiger partial charge in [0, 0.05) is 46.4 Å².